The minimum absolute atomic E-state index is 0.135. The Labute approximate surface area is 95.9 Å². The van der Waals surface area contributed by atoms with Gasteiger partial charge in [-0.2, -0.15) is 0 Å². The second-order valence-electron chi connectivity index (χ2n) is 3.25. The summed E-state index contributed by atoms with van der Waals surface area (Å²) >= 11 is 0. The Bertz CT molecular complexity index is 455. The molecule has 0 fully saturated rings. The summed E-state index contributed by atoms with van der Waals surface area (Å²) in [4.78, 5) is 11.5. The van der Waals surface area contributed by atoms with Crippen LogP contribution < -0.4 is 0 Å². The normalized spacial score (nSPS) is 13.1. The third-order valence-electron chi connectivity index (χ3n) is 2.16. The Morgan fingerprint density at radius 1 is 1.38 bits per heavy atom. The molecule has 1 atom stereocenters. The lowest BCUT2D eigenvalue weighted by molar-refractivity contribution is -0.140. The van der Waals surface area contributed by atoms with E-state index in [0.717, 1.165) is 0 Å². The van der Waals surface area contributed by atoms with Gasteiger partial charge in [0.1, 0.15) is 13.0 Å². The van der Waals surface area contributed by atoms with Crippen LogP contribution in [0, 0.1) is 0 Å². The Morgan fingerprint density at radius 3 is 2.44 bits per heavy atom. The van der Waals surface area contributed by atoms with Gasteiger partial charge in [0.05, 0.1) is 11.5 Å². The number of hydrogen-bond acceptors (Lipinski definition) is 4. The van der Waals surface area contributed by atoms with E-state index in [-0.39, 0.29) is 11.5 Å². The molecule has 0 aliphatic carbocycles. The van der Waals surface area contributed by atoms with Crippen molar-refractivity contribution in [3.8, 4) is 0 Å². The van der Waals surface area contributed by atoms with Crippen LogP contribution in [0.5, 0.6) is 0 Å². The zero-order valence-corrected chi connectivity index (χ0v) is 10.0. The predicted molar refractivity (Wildman–Crippen MR) is 62.6 cm³/mol. The van der Waals surface area contributed by atoms with Gasteiger partial charge in [0.2, 0.25) is 0 Å². The van der Waals surface area contributed by atoms with Crippen molar-refractivity contribution in [3.05, 3.63) is 30.3 Å². The summed E-state index contributed by atoms with van der Waals surface area (Å²) in [5.41, 5.74) is 0. The third kappa shape index (κ3) is 2.63. The van der Waals surface area contributed by atoms with Gasteiger partial charge in [-0.15, -0.1) is 0 Å². The van der Waals surface area contributed by atoms with Crippen LogP contribution in [0.15, 0.2) is 35.2 Å². The molecule has 0 saturated heterocycles. The molecule has 1 rings (SSSR count). The molecule has 1 aromatic carbocycles. The van der Waals surface area contributed by atoms with Gasteiger partial charge in [-0.1, -0.05) is 18.2 Å². The first kappa shape index (κ1) is 12.8. The first-order valence-corrected chi connectivity index (χ1v) is 6.50. The summed E-state index contributed by atoms with van der Waals surface area (Å²) in [6.45, 7) is 1.81. The second kappa shape index (κ2) is 5.16. The number of sulfone groups is 1. The van der Waals surface area contributed by atoms with E-state index >= 15 is 0 Å². The fraction of sp³-hybridized carbons (Fsp3) is 0.300. The van der Waals surface area contributed by atoms with E-state index in [1.165, 1.54) is 20.0 Å². The van der Waals surface area contributed by atoms with Crippen molar-refractivity contribution in [2.75, 3.05) is 6.61 Å². The molecule has 0 bridgehead atoms. The van der Waals surface area contributed by atoms with Gasteiger partial charge in [0.15, 0.2) is 9.84 Å². The standard InChI is InChI=1S/C10H13BO4S/c1-2-15-10(12)9(11)16(13,14)8-6-4-3-5-7-8/h3-7,9H,2,11H2,1H3. The molecule has 0 spiro atoms. The van der Waals surface area contributed by atoms with Crippen molar-refractivity contribution in [1.82, 2.24) is 0 Å². The molecule has 1 aromatic rings. The molecule has 0 amide bonds. The summed E-state index contributed by atoms with van der Waals surface area (Å²) in [6, 6.07) is 7.87. The Morgan fingerprint density at radius 2 is 1.94 bits per heavy atom. The van der Waals surface area contributed by atoms with E-state index in [1.807, 2.05) is 0 Å². The maximum absolute atomic E-state index is 11.9. The van der Waals surface area contributed by atoms with E-state index < -0.39 is 21.0 Å². The van der Waals surface area contributed by atoms with Gasteiger partial charge >= 0.3 is 5.97 Å². The molecule has 0 N–H and O–H groups in total. The van der Waals surface area contributed by atoms with Gasteiger partial charge in [0.25, 0.3) is 0 Å². The molecule has 0 aliphatic rings. The lowest BCUT2D eigenvalue weighted by Crippen LogP contribution is -2.32. The van der Waals surface area contributed by atoms with Crippen molar-refractivity contribution in [2.45, 2.75) is 17.0 Å². The number of carbonyl (C=O) groups is 1. The van der Waals surface area contributed by atoms with Crippen molar-refractivity contribution in [3.63, 3.8) is 0 Å². The quantitative estimate of drug-likeness (QED) is 0.548. The number of carbonyl (C=O) groups excluding carboxylic acids is 1. The van der Waals surface area contributed by atoms with Crippen LogP contribution in [0.3, 0.4) is 0 Å². The zero-order chi connectivity index (χ0) is 12.2. The molecule has 0 radical (unpaired) electrons. The van der Waals surface area contributed by atoms with Gasteiger partial charge in [-0.05, 0) is 19.1 Å². The predicted octanol–water partition coefficient (Wildman–Crippen LogP) is -0.0174. The molecule has 0 aromatic heterocycles. The molecule has 86 valence electrons. The summed E-state index contributed by atoms with van der Waals surface area (Å²) in [5.74, 6) is -0.716. The molecular weight excluding hydrogens is 227 g/mol. The third-order valence-corrected chi connectivity index (χ3v) is 4.21. The monoisotopic (exact) mass is 240 g/mol. The van der Waals surface area contributed by atoms with Gasteiger partial charge in [0, 0.05) is 0 Å². The highest BCUT2D eigenvalue weighted by molar-refractivity contribution is 7.94. The van der Waals surface area contributed by atoms with Crippen LogP contribution in [0.2, 0.25) is 0 Å². The summed E-state index contributed by atoms with van der Waals surface area (Å²) in [5, 5.41) is -1.17. The van der Waals surface area contributed by atoms with Crippen LogP contribution >= 0.6 is 0 Å². The smallest absolute Gasteiger partial charge is 0.316 e. The van der Waals surface area contributed by atoms with Crippen molar-refractivity contribution < 1.29 is 17.9 Å². The Balaban J connectivity index is 2.99. The average Bonchev–Trinajstić information content (AvgIpc) is 2.29. The molecule has 0 aliphatic heterocycles. The highest BCUT2D eigenvalue weighted by Crippen LogP contribution is 2.14. The minimum atomic E-state index is -3.63. The maximum atomic E-state index is 11.9. The fourth-order valence-electron chi connectivity index (χ4n) is 1.20. The van der Waals surface area contributed by atoms with Crippen LogP contribution in [0.25, 0.3) is 0 Å². The zero-order valence-electron chi connectivity index (χ0n) is 9.21. The average molecular weight is 240 g/mol. The van der Waals surface area contributed by atoms with Crippen LogP contribution in [0.1, 0.15) is 6.92 Å². The largest absolute Gasteiger partial charge is 0.466 e. The fourth-order valence-corrected chi connectivity index (χ4v) is 2.47. The van der Waals surface area contributed by atoms with Crippen molar-refractivity contribution >= 4 is 23.7 Å². The minimum Gasteiger partial charge on any atom is -0.466 e. The van der Waals surface area contributed by atoms with Crippen LogP contribution in [0.4, 0.5) is 0 Å². The number of hydrogen-bond donors (Lipinski definition) is 0. The summed E-state index contributed by atoms with van der Waals surface area (Å²) < 4.78 is 28.6. The Hall–Kier alpha value is -1.30. The van der Waals surface area contributed by atoms with Gasteiger partial charge in [-0.3, -0.25) is 4.79 Å². The van der Waals surface area contributed by atoms with Crippen LogP contribution in [-0.2, 0) is 19.4 Å². The van der Waals surface area contributed by atoms with E-state index in [2.05, 4.69) is 0 Å². The number of rotatable bonds is 4. The SMILES string of the molecule is BC(C(=O)OCC)S(=O)(=O)c1ccccc1. The first-order valence-electron chi connectivity index (χ1n) is 4.95. The highest BCUT2D eigenvalue weighted by atomic mass is 32.2. The number of benzene rings is 1. The molecule has 0 heterocycles. The van der Waals surface area contributed by atoms with E-state index in [9.17, 15) is 13.2 Å². The second-order valence-corrected chi connectivity index (χ2v) is 5.52. The number of esters is 1. The molecule has 0 saturated carbocycles. The molecule has 6 heteroatoms. The lowest BCUT2D eigenvalue weighted by Gasteiger charge is -2.11. The van der Waals surface area contributed by atoms with Crippen LogP contribution in [-0.4, -0.2) is 34.0 Å². The number of ether oxygens (including phenoxy) is 1. The van der Waals surface area contributed by atoms with Gasteiger partial charge < -0.3 is 4.74 Å². The van der Waals surface area contributed by atoms with Crippen molar-refractivity contribution in [1.29, 1.82) is 0 Å². The highest BCUT2D eigenvalue weighted by Gasteiger charge is 2.30. The molecule has 16 heavy (non-hydrogen) atoms. The Kier molecular flexibility index (Phi) is 4.12. The lowest BCUT2D eigenvalue weighted by atomic mass is 10.1. The van der Waals surface area contributed by atoms with Crippen molar-refractivity contribution in [2.24, 2.45) is 0 Å². The summed E-state index contributed by atoms with van der Waals surface area (Å²) in [6.07, 6.45) is 0. The van der Waals surface area contributed by atoms with Gasteiger partial charge in [-0.25, -0.2) is 8.42 Å². The summed E-state index contributed by atoms with van der Waals surface area (Å²) in [7, 11) is -2.30. The topological polar surface area (TPSA) is 60.4 Å². The van der Waals surface area contributed by atoms with E-state index in [4.69, 9.17) is 4.74 Å². The van der Waals surface area contributed by atoms with E-state index in [0.29, 0.717) is 0 Å². The molecule has 1 unspecified atom stereocenters. The maximum Gasteiger partial charge on any atom is 0.316 e. The first-order chi connectivity index (χ1) is 7.50. The van der Waals surface area contributed by atoms with E-state index in [1.54, 1.807) is 25.1 Å². The molecule has 4 nitrogen and oxygen atoms in total. The molecular formula is C10H13BO4S.